The third-order valence-electron chi connectivity index (χ3n) is 4.42. The van der Waals surface area contributed by atoms with Crippen molar-refractivity contribution < 1.29 is 4.79 Å². The van der Waals surface area contributed by atoms with Crippen molar-refractivity contribution in [1.82, 2.24) is 4.90 Å². The Hall–Kier alpha value is -0.570. The number of nitrogens with zero attached hydrogens (tertiary/aromatic N) is 1. The van der Waals surface area contributed by atoms with Crippen LogP contribution >= 0.6 is 0 Å². The molecule has 0 aromatic carbocycles. The maximum absolute atomic E-state index is 12.1. The highest BCUT2D eigenvalue weighted by Gasteiger charge is 2.48. The second-order valence-corrected chi connectivity index (χ2v) is 5.48. The summed E-state index contributed by atoms with van der Waals surface area (Å²) in [7, 11) is 0. The Labute approximate surface area is 91.0 Å². The number of carbonyl (C=O) groups is 1. The van der Waals surface area contributed by atoms with Crippen LogP contribution in [0.5, 0.6) is 0 Å². The maximum Gasteiger partial charge on any atom is 0.223 e. The number of hydrogen-bond acceptors (Lipinski definition) is 2. The molecular formula is C12H20N2O. The number of fused-ring (bicyclic) bond motifs is 2. The van der Waals surface area contributed by atoms with Crippen LogP contribution in [0.4, 0.5) is 0 Å². The van der Waals surface area contributed by atoms with Crippen molar-refractivity contribution in [2.75, 3.05) is 6.54 Å². The topological polar surface area (TPSA) is 46.3 Å². The van der Waals surface area contributed by atoms with Crippen molar-refractivity contribution in [3.05, 3.63) is 0 Å². The van der Waals surface area contributed by atoms with Crippen LogP contribution in [0.15, 0.2) is 0 Å². The van der Waals surface area contributed by atoms with Gasteiger partial charge in [0.2, 0.25) is 5.91 Å². The fourth-order valence-corrected chi connectivity index (χ4v) is 3.43. The van der Waals surface area contributed by atoms with Gasteiger partial charge in [-0.25, -0.2) is 0 Å². The third kappa shape index (κ3) is 1.57. The zero-order valence-corrected chi connectivity index (χ0v) is 9.19. The van der Waals surface area contributed by atoms with E-state index in [1.54, 1.807) is 0 Å². The first-order valence-electron chi connectivity index (χ1n) is 6.31. The highest BCUT2D eigenvalue weighted by molar-refractivity contribution is 5.78. The van der Waals surface area contributed by atoms with E-state index in [4.69, 9.17) is 5.73 Å². The first-order chi connectivity index (χ1) is 7.29. The first kappa shape index (κ1) is 9.64. The zero-order chi connectivity index (χ0) is 10.4. The van der Waals surface area contributed by atoms with Crippen LogP contribution in [-0.2, 0) is 4.79 Å². The minimum absolute atomic E-state index is 0.418. The summed E-state index contributed by atoms with van der Waals surface area (Å²) in [6.45, 7) is 0.758. The lowest BCUT2D eigenvalue weighted by molar-refractivity contribution is -0.133. The Morgan fingerprint density at radius 1 is 1.27 bits per heavy atom. The van der Waals surface area contributed by atoms with Gasteiger partial charge in [0.05, 0.1) is 0 Å². The molecule has 0 aromatic rings. The molecule has 3 aliphatic rings. The number of rotatable bonds is 3. The van der Waals surface area contributed by atoms with Crippen LogP contribution in [0.1, 0.15) is 38.5 Å². The lowest BCUT2D eigenvalue weighted by atomic mass is 9.89. The quantitative estimate of drug-likeness (QED) is 0.755. The monoisotopic (exact) mass is 208 g/mol. The molecule has 2 bridgehead atoms. The van der Waals surface area contributed by atoms with E-state index in [9.17, 15) is 4.79 Å². The van der Waals surface area contributed by atoms with Crippen molar-refractivity contribution in [3.8, 4) is 0 Å². The number of amides is 1. The van der Waals surface area contributed by atoms with Gasteiger partial charge < -0.3 is 10.6 Å². The molecule has 3 nitrogen and oxygen atoms in total. The summed E-state index contributed by atoms with van der Waals surface area (Å²) in [6.07, 6.45) is 6.94. The molecule has 2 saturated heterocycles. The molecule has 15 heavy (non-hydrogen) atoms. The highest BCUT2D eigenvalue weighted by Crippen LogP contribution is 2.43. The smallest absolute Gasteiger partial charge is 0.223 e. The van der Waals surface area contributed by atoms with Gasteiger partial charge in [0.1, 0.15) is 0 Å². The van der Waals surface area contributed by atoms with Gasteiger partial charge in [-0.3, -0.25) is 4.79 Å². The molecule has 3 rings (SSSR count). The van der Waals surface area contributed by atoms with Crippen LogP contribution in [0.3, 0.4) is 0 Å². The van der Waals surface area contributed by atoms with E-state index in [0.717, 1.165) is 19.4 Å². The Morgan fingerprint density at radius 2 is 2.07 bits per heavy atom. The predicted molar refractivity (Wildman–Crippen MR) is 58.2 cm³/mol. The van der Waals surface area contributed by atoms with Crippen molar-refractivity contribution >= 4 is 5.91 Å². The molecule has 3 fully saturated rings. The summed E-state index contributed by atoms with van der Waals surface area (Å²) in [4.78, 5) is 14.3. The molecule has 0 spiro atoms. The molecule has 2 N–H and O–H groups in total. The fraction of sp³-hybridized carbons (Fsp3) is 0.917. The molecule has 3 atom stereocenters. The maximum atomic E-state index is 12.1. The summed E-state index contributed by atoms with van der Waals surface area (Å²) in [5, 5.41) is 0. The Morgan fingerprint density at radius 3 is 2.67 bits per heavy atom. The fourth-order valence-electron chi connectivity index (χ4n) is 3.43. The lowest BCUT2D eigenvalue weighted by Crippen LogP contribution is -2.37. The van der Waals surface area contributed by atoms with Crippen LogP contribution in [0.25, 0.3) is 0 Å². The average molecular weight is 208 g/mol. The Kier molecular flexibility index (Phi) is 2.23. The molecule has 1 saturated carbocycles. The van der Waals surface area contributed by atoms with Crippen molar-refractivity contribution in [2.45, 2.75) is 50.6 Å². The summed E-state index contributed by atoms with van der Waals surface area (Å²) in [5.41, 5.74) is 5.76. The molecule has 3 unspecified atom stereocenters. The minimum atomic E-state index is 0.418. The van der Waals surface area contributed by atoms with E-state index >= 15 is 0 Å². The molecule has 0 aromatic heterocycles. The van der Waals surface area contributed by atoms with Crippen LogP contribution in [-0.4, -0.2) is 29.4 Å². The van der Waals surface area contributed by atoms with E-state index < -0.39 is 0 Å². The molecule has 1 aliphatic carbocycles. The molecule has 3 heteroatoms. The van der Waals surface area contributed by atoms with Gasteiger partial charge in [0, 0.05) is 18.5 Å². The SMILES string of the molecule is NCC1CC2CCC1N2C(=O)CC1CC1. The largest absolute Gasteiger partial charge is 0.336 e. The van der Waals surface area contributed by atoms with E-state index in [-0.39, 0.29) is 0 Å². The number of nitrogens with two attached hydrogens (primary N) is 1. The van der Waals surface area contributed by atoms with Gasteiger partial charge in [-0.1, -0.05) is 0 Å². The minimum Gasteiger partial charge on any atom is -0.336 e. The van der Waals surface area contributed by atoms with E-state index in [2.05, 4.69) is 4.90 Å². The molecule has 1 amide bonds. The van der Waals surface area contributed by atoms with Gasteiger partial charge in [-0.2, -0.15) is 0 Å². The van der Waals surface area contributed by atoms with Crippen molar-refractivity contribution in [3.63, 3.8) is 0 Å². The van der Waals surface area contributed by atoms with Crippen molar-refractivity contribution in [2.24, 2.45) is 17.6 Å². The zero-order valence-electron chi connectivity index (χ0n) is 9.19. The van der Waals surface area contributed by atoms with Crippen LogP contribution in [0, 0.1) is 11.8 Å². The molecule has 2 aliphatic heterocycles. The van der Waals surface area contributed by atoms with Crippen molar-refractivity contribution in [1.29, 1.82) is 0 Å². The summed E-state index contributed by atoms with van der Waals surface area (Å²) in [6, 6.07) is 1.03. The van der Waals surface area contributed by atoms with Gasteiger partial charge >= 0.3 is 0 Å². The van der Waals surface area contributed by atoms with E-state index in [0.29, 0.717) is 29.8 Å². The molecule has 84 valence electrons. The van der Waals surface area contributed by atoms with Crippen LogP contribution in [0.2, 0.25) is 0 Å². The lowest BCUT2D eigenvalue weighted by Gasteiger charge is -2.24. The Bertz CT molecular complexity index is 275. The summed E-state index contributed by atoms with van der Waals surface area (Å²) >= 11 is 0. The molecular weight excluding hydrogens is 188 g/mol. The normalized spacial score (nSPS) is 38.7. The third-order valence-corrected chi connectivity index (χ3v) is 4.42. The summed E-state index contributed by atoms with van der Waals surface area (Å²) < 4.78 is 0. The van der Waals surface area contributed by atoms with E-state index in [1.807, 2.05) is 0 Å². The summed E-state index contributed by atoms with van der Waals surface area (Å²) in [5.74, 6) is 1.72. The van der Waals surface area contributed by atoms with Gasteiger partial charge in [0.15, 0.2) is 0 Å². The standard InChI is InChI=1S/C12H20N2O/c13-7-9-6-10-3-4-11(9)14(10)12(15)5-8-1-2-8/h8-11H,1-7,13H2. The Balaban J connectivity index is 1.68. The first-order valence-corrected chi connectivity index (χ1v) is 6.31. The second-order valence-electron chi connectivity index (χ2n) is 5.48. The highest BCUT2D eigenvalue weighted by atomic mass is 16.2. The molecule has 2 heterocycles. The van der Waals surface area contributed by atoms with Gasteiger partial charge in [0.25, 0.3) is 0 Å². The van der Waals surface area contributed by atoms with Gasteiger partial charge in [-0.15, -0.1) is 0 Å². The predicted octanol–water partition coefficient (Wildman–Crippen LogP) is 1.12. The number of carbonyl (C=O) groups excluding carboxylic acids is 1. The van der Waals surface area contributed by atoms with E-state index in [1.165, 1.54) is 25.7 Å². The second kappa shape index (κ2) is 3.48. The number of hydrogen-bond donors (Lipinski definition) is 1. The average Bonchev–Trinajstić information content (AvgIpc) is 2.87. The van der Waals surface area contributed by atoms with Crippen LogP contribution < -0.4 is 5.73 Å². The molecule has 0 radical (unpaired) electrons. The van der Waals surface area contributed by atoms with Gasteiger partial charge in [-0.05, 0) is 50.5 Å².